The predicted octanol–water partition coefficient (Wildman–Crippen LogP) is 1.22. The van der Waals surface area contributed by atoms with Gasteiger partial charge in [0.15, 0.2) is 5.11 Å². The van der Waals surface area contributed by atoms with E-state index < -0.39 is 0 Å². The number of thiocarbonyl (C=S) groups is 1. The number of hydrogen-bond acceptors (Lipinski definition) is 3. The quantitative estimate of drug-likeness (QED) is 0.737. The van der Waals surface area contributed by atoms with Gasteiger partial charge in [-0.25, -0.2) is 0 Å². The van der Waals surface area contributed by atoms with Crippen molar-refractivity contribution < 1.29 is 4.74 Å². The van der Waals surface area contributed by atoms with Crippen LogP contribution in [0.5, 0.6) is 0 Å². The summed E-state index contributed by atoms with van der Waals surface area (Å²) >= 11 is 5.30. The molecule has 1 heterocycles. The largest absolute Gasteiger partial charge is 0.383 e. The first-order chi connectivity index (χ1) is 8.45. The second kappa shape index (κ2) is 7.26. The number of ether oxygens (including phenoxy) is 1. The van der Waals surface area contributed by atoms with Gasteiger partial charge < -0.3 is 20.3 Å². The van der Waals surface area contributed by atoms with E-state index in [-0.39, 0.29) is 6.04 Å². The fraction of sp³-hybridized carbons (Fsp3) is 0.923. The van der Waals surface area contributed by atoms with Gasteiger partial charge in [-0.2, -0.15) is 0 Å². The summed E-state index contributed by atoms with van der Waals surface area (Å²) in [5, 5.41) is 7.31. The van der Waals surface area contributed by atoms with Crippen molar-refractivity contribution in [3.05, 3.63) is 0 Å². The Hall–Kier alpha value is -0.390. The van der Waals surface area contributed by atoms with Crippen LogP contribution in [0.15, 0.2) is 0 Å². The van der Waals surface area contributed by atoms with Crippen molar-refractivity contribution in [3.63, 3.8) is 0 Å². The number of nitrogens with zero attached hydrogens (tertiary/aromatic N) is 1. The fourth-order valence-corrected chi connectivity index (χ4v) is 2.47. The van der Waals surface area contributed by atoms with Crippen LogP contribution in [-0.2, 0) is 4.74 Å². The van der Waals surface area contributed by atoms with Crippen molar-refractivity contribution in [2.24, 2.45) is 5.41 Å². The summed E-state index contributed by atoms with van der Waals surface area (Å²) in [5.41, 5.74) is 0.364. The van der Waals surface area contributed by atoms with Gasteiger partial charge in [0.2, 0.25) is 0 Å². The summed E-state index contributed by atoms with van der Waals surface area (Å²) in [6, 6.07) is 0.250. The van der Waals surface area contributed by atoms with E-state index in [1.54, 1.807) is 7.11 Å². The van der Waals surface area contributed by atoms with E-state index in [1.165, 1.54) is 25.9 Å². The molecule has 0 aromatic carbocycles. The van der Waals surface area contributed by atoms with Crippen molar-refractivity contribution in [3.8, 4) is 0 Å². The number of piperidine rings is 1. The van der Waals surface area contributed by atoms with Crippen LogP contribution in [0.1, 0.15) is 26.7 Å². The molecule has 0 aliphatic carbocycles. The van der Waals surface area contributed by atoms with E-state index >= 15 is 0 Å². The van der Waals surface area contributed by atoms with E-state index in [0.717, 1.165) is 11.7 Å². The monoisotopic (exact) mass is 273 g/mol. The smallest absolute Gasteiger partial charge is 0.166 e. The van der Waals surface area contributed by atoms with Crippen LogP contribution in [0.25, 0.3) is 0 Å². The number of rotatable bonds is 5. The molecule has 0 saturated carbocycles. The summed E-state index contributed by atoms with van der Waals surface area (Å²) in [7, 11) is 3.89. The molecule has 1 fully saturated rings. The highest BCUT2D eigenvalue weighted by molar-refractivity contribution is 7.80. The molecule has 1 rings (SSSR count). The highest BCUT2D eigenvalue weighted by atomic mass is 32.1. The number of nitrogens with one attached hydrogen (secondary N) is 2. The van der Waals surface area contributed by atoms with Gasteiger partial charge in [0.1, 0.15) is 0 Å². The van der Waals surface area contributed by atoms with Crippen LogP contribution in [-0.4, -0.2) is 56.5 Å². The van der Waals surface area contributed by atoms with Gasteiger partial charge in [0, 0.05) is 19.7 Å². The van der Waals surface area contributed by atoms with Gasteiger partial charge in [0.05, 0.1) is 6.61 Å². The van der Waals surface area contributed by atoms with Gasteiger partial charge in [-0.1, -0.05) is 6.92 Å². The lowest BCUT2D eigenvalue weighted by atomic mass is 9.80. The molecular weight excluding hydrogens is 246 g/mol. The number of hydrogen-bond donors (Lipinski definition) is 2. The van der Waals surface area contributed by atoms with Crippen LogP contribution in [0.4, 0.5) is 0 Å². The zero-order chi connectivity index (χ0) is 13.6. The average Bonchev–Trinajstić information content (AvgIpc) is 2.31. The minimum absolute atomic E-state index is 0.250. The second-order valence-electron chi connectivity index (χ2n) is 5.80. The van der Waals surface area contributed by atoms with Gasteiger partial charge >= 0.3 is 0 Å². The van der Waals surface area contributed by atoms with E-state index in [4.69, 9.17) is 17.0 Å². The third-order valence-electron chi connectivity index (χ3n) is 3.66. The Balaban J connectivity index is 2.25. The highest BCUT2D eigenvalue weighted by Crippen LogP contribution is 2.29. The molecule has 1 saturated heterocycles. The fourth-order valence-electron chi connectivity index (χ4n) is 2.20. The lowest BCUT2D eigenvalue weighted by Crippen LogP contribution is -2.48. The number of likely N-dealkylation sites (tertiary alicyclic amines) is 1. The summed E-state index contributed by atoms with van der Waals surface area (Å²) in [6.07, 6.45) is 2.46. The molecule has 1 atom stereocenters. The maximum absolute atomic E-state index is 5.30. The van der Waals surface area contributed by atoms with Crippen molar-refractivity contribution in [1.29, 1.82) is 0 Å². The molecule has 1 unspecified atom stereocenters. The minimum atomic E-state index is 0.250. The third kappa shape index (κ3) is 5.50. The maximum atomic E-state index is 5.30. The Morgan fingerprint density at radius 1 is 1.44 bits per heavy atom. The normalized spacial score (nSPS) is 21.3. The standard InChI is InChI=1S/C13H27N3OS/c1-11(9-17-4)15-12(18)14-10-13(2)5-7-16(3)8-6-13/h11H,5-10H2,1-4H3,(H2,14,15,18). The summed E-state index contributed by atoms with van der Waals surface area (Å²) in [6.45, 7) is 8.39. The molecule has 1 aliphatic heterocycles. The molecule has 0 spiro atoms. The first kappa shape index (κ1) is 15.7. The molecule has 0 aromatic heterocycles. The SMILES string of the molecule is COCC(C)NC(=S)NCC1(C)CCN(C)CC1. The zero-order valence-corrected chi connectivity index (χ0v) is 12.9. The van der Waals surface area contributed by atoms with Gasteiger partial charge in [-0.05, 0) is 57.5 Å². The minimum Gasteiger partial charge on any atom is -0.383 e. The molecular formula is C13H27N3OS. The Bertz CT molecular complexity index is 265. The van der Waals surface area contributed by atoms with Crippen LogP contribution in [0.2, 0.25) is 0 Å². The molecule has 106 valence electrons. The van der Waals surface area contributed by atoms with Crippen LogP contribution >= 0.6 is 12.2 Å². The average molecular weight is 273 g/mol. The molecule has 2 N–H and O–H groups in total. The molecule has 5 heteroatoms. The Labute approximate surface area is 116 Å². The Morgan fingerprint density at radius 2 is 2.06 bits per heavy atom. The van der Waals surface area contributed by atoms with Crippen LogP contribution < -0.4 is 10.6 Å². The van der Waals surface area contributed by atoms with Gasteiger partial charge in [-0.15, -0.1) is 0 Å². The van der Waals surface area contributed by atoms with E-state index in [2.05, 4.69) is 36.4 Å². The second-order valence-corrected chi connectivity index (χ2v) is 6.21. The molecule has 0 radical (unpaired) electrons. The first-order valence-corrected chi connectivity index (χ1v) is 7.08. The zero-order valence-electron chi connectivity index (χ0n) is 12.1. The molecule has 18 heavy (non-hydrogen) atoms. The van der Waals surface area contributed by atoms with Crippen molar-refractivity contribution >= 4 is 17.3 Å². The van der Waals surface area contributed by atoms with E-state index in [0.29, 0.717) is 12.0 Å². The lowest BCUT2D eigenvalue weighted by molar-refractivity contribution is 0.141. The van der Waals surface area contributed by atoms with Crippen molar-refractivity contribution in [2.45, 2.75) is 32.7 Å². The third-order valence-corrected chi connectivity index (χ3v) is 3.93. The van der Waals surface area contributed by atoms with E-state index in [1.807, 2.05) is 0 Å². The number of methoxy groups -OCH3 is 1. The predicted molar refractivity (Wildman–Crippen MR) is 79.9 cm³/mol. The van der Waals surface area contributed by atoms with Gasteiger partial charge in [0.25, 0.3) is 0 Å². The summed E-state index contributed by atoms with van der Waals surface area (Å²) in [4.78, 5) is 2.39. The molecule has 0 aromatic rings. The van der Waals surface area contributed by atoms with Crippen molar-refractivity contribution in [2.75, 3.05) is 40.4 Å². The van der Waals surface area contributed by atoms with Crippen LogP contribution in [0, 0.1) is 5.41 Å². The maximum Gasteiger partial charge on any atom is 0.166 e. The summed E-state index contributed by atoms with van der Waals surface area (Å²) in [5.74, 6) is 0. The lowest BCUT2D eigenvalue weighted by Gasteiger charge is -2.38. The first-order valence-electron chi connectivity index (χ1n) is 6.67. The molecule has 1 aliphatic rings. The van der Waals surface area contributed by atoms with Crippen molar-refractivity contribution in [1.82, 2.24) is 15.5 Å². The molecule has 0 bridgehead atoms. The van der Waals surface area contributed by atoms with E-state index in [9.17, 15) is 0 Å². The Morgan fingerprint density at radius 3 is 2.61 bits per heavy atom. The topological polar surface area (TPSA) is 36.5 Å². The molecule has 4 nitrogen and oxygen atoms in total. The summed E-state index contributed by atoms with van der Waals surface area (Å²) < 4.78 is 5.08. The Kier molecular flexibility index (Phi) is 6.32. The van der Waals surface area contributed by atoms with Gasteiger partial charge in [-0.3, -0.25) is 0 Å². The van der Waals surface area contributed by atoms with Crippen LogP contribution in [0.3, 0.4) is 0 Å². The highest BCUT2D eigenvalue weighted by Gasteiger charge is 2.28. The molecule has 0 amide bonds.